The first-order valence-electron chi connectivity index (χ1n) is 6.59. The average Bonchev–Trinajstić information content (AvgIpc) is 2.94. The van der Waals surface area contributed by atoms with Gasteiger partial charge in [0.25, 0.3) is 0 Å². The summed E-state index contributed by atoms with van der Waals surface area (Å²) in [7, 11) is 0. The van der Waals surface area contributed by atoms with Crippen molar-refractivity contribution in [1.29, 1.82) is 0 Å². The number of aryl methyl sites for hydroxylation is 2. The number of hydrogen-bond acceptors (Lipinski definition) is 4. The van der Waals surface area contributed by atoms with Gasteiger partial charge in [-0.1, -0.05) is 18.2 Å². The number of ether oxygens (including phenoxy) is 1. The Morgan fingerprint density at radius 1 is 1.37 bits per heavy atom. The highest BCUT2D eigenvalue weighted by molar-refractivity contribution is 7.11. The van der Waals surface area contributed by atoms with E-state index in [0.717, 1.165) is 36.1 Å². The summed E-state index contributed by atoms with van der Waals surface area (Å²) in [4.78, 5) is 5.79. The smallest absolute Gasteiger partial charge is 0.122 e. The highest BCUT2D eigenvalue weighted by atomic mass is 32.1. The fourth-order valence-electron chi connectivity index (χ4n) is 2.50. The quantitative estimate of drug-likeness (QED) is 0.930. The van der Waals surface area contributed by atoms with E-state index >= 15 is 0 Å². The van der Waals surface area contributed by atoms with Gasteiger partial charge in [-0.05, 0) is 19.9 Å². The number of para-hydroxylation sites is 1. The molecular weight excluding hydrogens is 256 g/mol. The van der Waals surface area contributed by atoms with Crippen LogP contribution in [0.15, 0.2) is 24.3 Å². The van der Waals surface area contributed by atoms with Crippen LogP contribution < -0.4 is 10.1 Å². The van der Waals surface area contributed by atoms with Gasteiger partial charge in [-0.15, -0.1) is 11.3 Å². The fourth-order valence-corrected chi connectivity index (χ4v) is 3.40. The van der Waals surface area contributed by atoms with Crippen molar-refractivity contribution >= 4 is 11.3 Å². The first-order chi connectivity index (χ1) is 9.24. The molecule has 0 radical (unpaired) electrons. The van der Waals surface area contributed by atoms with Crippen LogP contribution in [-0.4, -0.2) is 18.1 Å². The van der Waals surface area contributed by atoms with Gasteiger partial charge in [0, 0.05) is 29.4 Å². The predicted molar refractivity (Wildman–Crippen MR) is 78.0 cm³/mol. The Morgan fingerprint density at radius 2 is 2.21 bits per heavy atom. The Hall–Kier alpha value is -1.39. The first-order valence-corrected chi connectivity index (χ1v) is 7.41. The van der Waals surface area contributed by atoms with Gasteiger partial charge in [-0.25, -0.2) is 4.98 Å². The molecule has 0 saturated carbocycles. The van der Waals surface area contributed by atoms with E-state index in [9.17, 15) is 0 Å². The molecule has 1 aromatic carbocycles. The first kappa shape index (κ1) is 12.6. The summed E-state index contributed by atoms with van der Waals surface area (Å²) >= 11 is 1.78. The lowest BCUT2D eigenvalue weighted by atomic mass is 10.0. The molecule has 2 heterocycles. The summed E-state index contributed by atoms with van der Waals surface area (Å²) in [5, 5.41) is 4.67. The highest BCUT2D eigenvalue weighted by Gasteiger charge is 2.23. The van der Waals surface area contributed by atoms with Crippen molar-refractivity contribution in [2.45, 2.75) is 26.3 Å². The van der Waals surface area contributed by atoms with Gasteiger partial charge in [-0.3, -0.25) is 0 Å². The minimum Gasteiger partial charge on any atom is -0.493 e. The molecule has 0 bridgehead atoms. The third-order valence-corrected chi connectivity index (χ3v) is 4.55. The third-order valence-electron chi connectivity index (χ3n) is 3.47. The Kier molecular flexibility index (Phi) is 3.53. The van der Waals surface area contributed by atoms with Gasteiger partial charge in [0.1, 0.15) is 5.75 Å². The van der Waals surface area contributed by atoms with Crippen LogP contribution in [0.5, 0.6) is 5.75 Å². The van der Waals surface area contributed by atoms with Crippen molar-refractivity contribution in [1.82, 2.24) is 10.3 Å². The van der Waals surface area contributed by atoms with Gasteiger partial charge in [0.05, 0.1) is 17.3 Å². The van der Waals surface area contributed by atoms with Gasteiger partial charge in [0.15, 0.2) is 0 Å². The minimum atomic E-state index is 0.463. The number of aromatic nitrogens is 1. The molecule has 3 nitrogen and oxygen atoms in total. The molecule has 1 N–H and O–H groups in total. The molecule has 4 heteroatoms. The third kappa shape index (κ3) is 2.65. The highest BCUT2D eigenvalue weighted by Crippen LogP contribution is 2.32. The minimum absolute atomic E-state index is 0.463. The lowest BCUT2D eigenvalue weighted by Gasteiger charge is -2.09. The monoisotopic (exact) mass is 274 g/mol. The topological polar surface area (TPSA) is 34.2 Å². The van der Waals surface area contributed by atoms with E-state index in [0.29, 0.717) is 5.92 Å². The molecule has 1 aliphatic rings. The van der Waals surface area contributed by atoms with Crippen molar-refractivity contribution in [3.8, 4) is 5.75 Å². The van der Waals surface area contributed by atoms with E-state index in [1.165, 1.54) is 10.4 Å². The molecule has 0 aliphatic carbocycles. The summed E-state index contributed by atoms with van der Waals surface area (Å²) < 4.78 is 5.69. The Labute approximate surface area is 117 Å². The molecule has 1 aliphatic heterocycles. The van der Waals surface area contributed by atoms with Crippen molar-refractivity contribution in [3.05, 3.63) is 45.4 Å². The van der Waals surface area contributed by atoms with Crippen molar-refractivity contribution < 1.29 is 4.74 Å². The fraction of sp³-hybridized carbons (Fsp3) is 0.400. The number of rotatable bonds is 4. The second-order valence-electron chi connectivity index (χ2n) is 4.92. The van der Waals surface area contributed by atoms with E-state index in [4.69, 9.17) is 4.74 Å². The molecular formula is C15H18N2OS. The van der Waals surface area contributed by atoms with E-state index in [1.807, 2.05) is 12.1 Å². The summed E-state index contributed by atoms with van der Waals surface area (Å²) in [5.41, 5.74) is 2.48. The molecule has 2 aromatic rings. The largest absolute Gasteiger partial charge is 0.493 e. The van der Waals surface area contributed by atoms with E-state index in [2.05, 4.69) is 36.3 Å². The zero-order valence-corrected chi connectivity index (χ0v) is 12.1. The van der Waals surface area contributed by atoms with Gasteiger partial charge in [-0.2, -0.15) is 0 Å². The molecule has 1 aromatic heterocycles. The Bertz CT molecular complexity index is 579. The number of nitrogens with zero attached hydrogens (tertiary/aromatic N) is 1. The van der Waals surface area contributed by atoms with Gasteiger partial charge >= 0.3 is 0 Å². The SMILES string of the molecule is Cc1nc(C)c(CNCC2COc3ccccc32)s1. The average molecular weight is 274 g/mol. The van der Waals surface area contributed by atoms with Crippen LogP contribution in [0.4, 0.5) is 0 Å². The molecule has 1 unspecified atom stereocenters. The summed E-state index contributed by atoms with van der Waals surface area (Å²) in [6.07, 6.45) is 0. The maximum absolute atomic E-state index is 5.69. The van der Waals surface area contributed by atoms with Crippen molar-refractivity contribution in [3.63, 3.8) is 0 Å². The molecule has 0 fully saturated rings. The van der Waals surface area contributed by atoms with Crippen LogP contribution in [0.2, 0.25) is 0 Å². The zero-order valence-electron chi connectivity index (χ0n) is 11.3. The van der Waals surface area contributed by atoms with Gasteiger partial charge in [0.2, 0.25) is 0 Å². The molecule has 0 amide bonds. The molecule has 1 atom stereocenters. The maximum atomic E-state index is 5.69. The number of nitrogens with one attached hydrogen (secondary N) is 1. The van der Waals surface area contributed by atoms with Crippen LogP contribution in [0, 0.1) is 13.8 Å². The normalized spacial score (nSPS) is 17.3. The van der Waals surface area contributed by atoms with Crippen LogP contribution in [0.25, 0.3) is 0 Å². The Balaban J connectivity index is 1.58. The van der Waals surface area contributed by atoms with Crippen molar-refractivity contribution in [2.75, 3.05) is 13.2 Å². The second-order valence-corrected chi connectivity index (χ2v) is 6.21. The number of hydrogen-bond donors (Lipinski definition) is 1. The number of benzene rings is 1. The van der Waals surface area contributed by atoms with Crippen LogP contribution in [-0.2, 0) is 6.54 Å². The molecule has 100 valence electrons. The lowest BCUT2D eigenvalue weighted by molar-refractivity contribution is 0.326. The molecule has 0 saturated heterocycles. The van der Waals surface area contributed by atoms with Crippen LogP contribution in [0.1, 0.15) is 27.1 Å². The molecule has 3 rings (SSSR count). The van der Waals surface area contributed by atoms with Crippen LogP contribution in [0.3, 0.4) is 0 Å². The molecule has 0 spiro atoms. The lowest BCUT2D eigenvalue weighted by Crippen LogP contribution is -2.22. The summed E-state index contributed by atoms with van der Waals surface area (Å²) in [6, 6.07) is 8.32. The Morgan fingerprint density at radius 3 is 3.00 bits per heavy atom. The predicted octanol–water partition coefficient (Wildman–Crippen LogP) is 3.03. The van der Waals surface area contributed by atoms with Crippen LogP contribution >= 0.6 is 11.3 Å². The van der Waals surface area contributed by atoms with E-state index in [-0.39, 0.29) is 0 Å². The van der Waals surface area contributed by atoms with Gasteiger partial charge < -0.3 is 10.1 Å². The number of fused-ring (bicyclic) bond motifs is 1. The summed E-state index contributed by atoms with van der Waals surface area (Å²) in [5.74, 6) is 1.50. The number of thiazole rings is 1. The molecule has 19 heavy (non-hydrogen) atoms. The second kappa shape index (κ2) is 5.31. The zero-order chi connectivity index (χ0) is 13.2. The maximum Gasteiger partial charge on any atom is 0.122 e. The van der Waals surface area contributed by atoms with E-state index in [1.54, 1.807) is 11.3 Å². The van der Waals surface area contributed by atoms with Crippen molar-refractivity contribution in [2.24, 2.45) is 0 Å². The van der Waals surface area contributed by atoms with E-state index < -0.39 is 0 Å². The summed E-state index contributed by atoms with van der Waals surface area (Å²) in [6.45, 7) is 6.77. The standard InChI is InChI=1S/C15H18N2OS/c1-10-15(19-11(2)17-10)8-16-7-12-9-18-14-6-4-3-5-13(12)14/h3-6,12,16H,7-9H2,1-2H3.